The maximum absolute atomic E-state index is 12.0. The molecule has 164 valence electrons. The van der Waals surface area contributed by atoms with Gasteiger partial charge in [-0.3, -0.25) is 19.6 Å². The molecule has 0 saturated heterocycles. The van der Waals surface area contributed by atoms with Crippen LogP contribution in [0.1, 0.15) is 30.4 Å². The van der Waals surface area contributed by atoms with E-state index in [0.29, 0.717) is 6.42 Å². The Balaban J connectivity index is 1.20. The van der Waals surface area contributed by atoms with Gasteiger partial charge < -0.3 is 0 Å². The zero-order valence-corrected chi connectivity index (χ0v) is 17.8. The minimum absolute atomic E-state index is 0.176. The summed E-state index contributed by atoms with van der Waals surface area (Å²) in [6, 6.07) is 19.2. The summed E-state index contributed by atoms with van der Waals surface area (Å²) in [5, 5.41) is 10.0. The van der Waals surface area contributed by atoms with Crippen LogP contribution in [0, 0.1) is 0 Å². The van der Waals surface area contributed by atoms with E-state index in [9.17, 15) is 9.59 Å². The van der Waals surface area contributed by atoms with Crippen molar-refractivity contribution < 1.29 is 9.59 Å². The Kier molecular flexibility index (Phi) is 7.07. The third-order valence-electron chi connectivity index (χ3n) is 4.92. The van der Waals surface area contributed by atoms with Gasteiger partial charge in [0, 0.05) is 47.1 Å². The first-order chi connectivity index (χ1) is 16.2. The summed E-state index contributed by atoms with van der Waals surface area (Å²) in [6.45, 7) is 0. The van der Waals surface area contributed by atoms with Gasteiger partial charge >= 0.3 is 0 Å². The van der Waals surface area contributed by atoms with E-state index in [1.54, 1.807) is 24.8 Å². The van der Waals surface area contributed by atoms with E-state index in [2.05, 4.69) is 31.0 Å². The highest BCUT2D eigenvalue weighted by molar-refractivity contribution is 5.98. The first-order valence-corrected chi connectivity index (χ1v) is 10.5. The van der Waals surface area contributed by atoms with E-state index >= 15 is 0 Å². The number of carbonyl (C=O) groups excluding carboxylic acids is 2. The first-order valence-electron chi connectivity index (χ1n) is 10.5. The van der Waals surface area contributed by atoms with Crippen molar-refractivity contribution in [2.45, 2.75) is 19.3 Å². The fourth-order valence-corrected chi connectivity index (χ4v) is 3.33. The summed E-state index contributed by atoms with van der Waals surface area (Å²) in [7, 11) is 0. The van der Waals surface area contributed by atoms with Gasteiger partial charge in [0.15, 0.2) is 0 Å². The van der Waals surface area contributed by atoms with Crippen molar-refractivity contribution in [2.24, 2.45) is 10.2 Å². The number of benzene rings is 2. The number of pyridine rings is 2. The smallest absolute Gasteiger partial charge is 0.240 e. The number of carbonyl (C=O) groups is 2. The van der Waals surface area contributed by atoms with Crippen molar-refractivity contribution in [1.82, 2.24) is 20.8 Å². The lowest BCUT2D eigenvalue weighted by molar-refractivity contribution is -0.122. The Morgan fingerprint density at radius 3 is 1.64 bits per heavy atom. The minimum atomic E-state index is -0.266. The van der Waals surface area contributed by atoms with Gasteiger partial charge in [-0.25, -0.2) is 10.9 Å². The van der Waals surface area contributed by atoms with E-state index in [0.717, 1.165) is 32.9 Å². The molecule has 0 atom stereocenters. The Morgan fingerprint density at radius 2 is 1.15 bits per heavy atom. The number of aromatic nitrogens is 2. The van der Waals surface area contributed by atoms with E-state index in [1.807, 2.05) is 60.7 Å². The van der Waals surface area contributed by atoms with Crippen LogP contribution in [0.15, 0.2) is 83.3 Å². The van der Waals surface area contributed by atoms with Crippen molar-refractivity contribution in [3.8, 4) is 0 Å². The summed E-state index contributed by atoms with van der Waals surface area (Å²) in [5.41, 5.74) is 8.22. The predicted octanol–water partition coefficient (Wildman–Crippen LogP) is 3.55. The molecule has 0 fully saturated rings. The van der Waals surface area contributed by atoms with Gasteiger partial charge in [0.1, 0.15) is 0 Å². The molecule has 8 nitrogen and oxygen atoms in total. The van der Waals surface area contributed by atoms with Gasteiger partial charge in [0.05, 0.1) is 23.5 Å². The minimum Gasteiger partial charge on any atom is -0.273 e. The number of amides is 2. The lowest BCUT2D eigenvalue weighted by Gasteiger charge is -2.02. The van der Waals surface area contributed by atoms with Crippen molar-refractivity contribution >= 4 is 46.0 Å². The van der Waals surface area contributed by atoms with E-state index in [4.69, 9.17) is 0 Å². The number of fused-ring (bicyclic) bond motifs is 2. The number of para-hydroxylation sites is 2. The molecule has 0 aliphatic rings. The van der Waals surface area contributed by atoms with Crippen LogP contribution in [0.25, 0.3) is 21.8 Å². The molecule has 0 unspecified atom stereocenters. The molecule has 2 aromatic carbocycles. The molecular formula is C25H22N6O2. The van der Waals surface area contributed by atoms with Crippen LogP contribution < -0.4 is 10.9 Å². The molecule has 2 amide bonds. The van der Waals surface area contributed by atoms with Crippen molar-refractivity contribution in [2.75, 3.05) is 0 Å². The molecule has 4 rings (SSSR count). The van der Waals surface area contributed by atoms with E-state index in [1.165, 1.54) is 0 Å². The monoisotopic (exact) mass is 438 g/mol. The molecule has 4 aromatic rings. The molecule has 0 saturated carbocycles. The number of rotatable bonds is 8. The highest BCUT2D eigenvalue weighted by Crippen LogP contribution is 2.14. The lowest BCUT2D eigenvalue weighted by Crippen LogP contribution is -2.20. The van der Waals surface area contributed by atoms with Gasteiger partial charge in [0.2, 0.25) is 11.8 Å². The summed E-state index contributed by atoms with van der Waals surface area (Å²) in [5.74, 6) is -0.532. The topological polar surface area (TPSA) is 109 Å². The summed E-state index contributed by atoms with van der Waals surface area (Å²) in [6.07, 6.45) is 7.30. The molecule has 0 aliphatic heterocycles. The van der Waals surface area contributed by atoms with E-state index < -0.39 is 0 Å². The molecule has 2 heterocycles. The summed E-state index contributed by atoms with van der Waals surface area (Å²) >= 11 is 0. The van der Waals surface area contributed by atoms with Crippen LogP contribution >= 0.6 is 0 Å². The highest BCUT2D eigenvalue weighted by atomic mass is 16.2. The molecule has 0 spiro atoms. The lowest BCUT2D eigenvalue weighted by atomic mass is 10.1. The summed E-state index contributed by atoms with van der Waals surface area (Å²) < 4.78 is 0. The van der Waals surface area contributed by atoms with Crippen LogP contribution in [0.2, 0.25) is 0 Å². The second-order valence-electron chi connectivity index (χ2n) is 7.28. The van der Waals surface area contributed by atoms with Gasteiger partial charge in [0.25, 0.3) is 0 Å². The number of nitrogens with zero attached hydrogens (tertiary/aromatic N) is 4. The van der Waals surface area contributed by atoms with Crippen LogP contribution in [-0.4, -0.2) is 34.2 Å². The summed E-state index contributed by atoms with van der Waals surface area (Å²) in [4.78, 5) is 32.7. The second-order valence-corrected chi connectivity index (χ2v) is 7.28. The Morgan fingerprint density at radius 1 is 0.697 bits per heavy atom. The quantitative estimate of drug-likeness (QED) is 0.324. The van der Waals surface area contributed by atoms with E-state index in [-0.39, 0.29) is 24.7 Å². The maximum atomic E-state index is 12.0. The van der Waals surface area contributed by atoms with Gasteiger partial charge in [-0.15, -0.1) is 0 Å². The van der Waals surface area contributed by atoms with Crippen molar-refractivity contribution in [3.05, 3.63) is 84.2 Å². The standard InChI is InChI=1S/C25H22N6O2/c32-22(30-28-16-20-8-1-6-18-10-4-14-26-24(18)20)12-3-13-23(33)31-29-17-21-9-2-7-19-11-5-15-27-25(19)21/h1-2,4-11,14-17H,3,12-13H2,(H,30,32)(H,31,33). The SMILES string of the molecule is O=C(CCCC(=O)NN=Cc1cccc2cccnc12)NN=Cc1cccc2cccnc12. The zero-order chi connectivity index (χ0) is 22.9. The van der Waals surface area contributed by atoms with Gasteiger partial charge in [-0.2, -0.15) is 10.2 Å². The van der Waals surface area contributed by atoms with Crippen molar-refractivity contribution in [3.63, 3.8) is 0 Å². The van der Waals surface area contributed by atoms with Crippen LogP contribution in [-0.2, 0) is 9.59 Å². The third kappa shape index (κ3) is 5.82. The zero-order valence-electron chi connectivity index (χ0n) is 17.8. The predicted molar refractivity (Wildman–Crippen MR) is 129 cm³/mol. The van der Waals surface area contributed by atoms with Crippen LogP contribution in [0.5, 0.6) is 0 Å². The second kappa shape index (κ2) is 10.7. The highest BCUT2D eigenvalue weighted by Gasteiger charge is 2.05. The molecule has 2 aromatic heterocycles. The van der Waals surface area contributed by atoms with Gasteiger partial charge in [-0.05, 0) is 18.6 Å². The number of hydrogen-bond donors (Lipinski definition) is 2. The molecular weight excluding hydrogens is 416 g/mol. The Labute approximate surface area is 190 Å². The molecule has 8 heteroatoms. The average Bonchev–Trinajstić information content (AvgIpc) is 2.84. The fraction of sp³-hybridized carbons (Fsp3) is 0.120. The van der Waals surface area contributed by atoms with Crippen LogP contribution in [0.3, 0.4) is 0 Å². The Hall–Kier alpha value is -4.46. The largest absolute Gasteiger partial charge is 0.273 e. The fourth-order valence-electron chi connectivity index (χ4n) is 3.33. The number of hydrazone groups is 2. The van der Waals surface area contributed by atoms with Crippen molar-refractivity contribution in [1.29, 1.82) is 0 Å². The normalized spacial score (nSPS) is 11.4. The molecule has 0 aliphatic carbocycles. The molecule has 2 N–H and O–H groups in total. The molecule has 0 radical (unpaired) electrons. The molecule has 0 bridgehead atoms. The number of hydrogen-bond acceptors (Lipinski definition) is 6. The van der Waals surface area contributed by atoms with Gasteiger partial charge in [-0.1, -0.05) is 48.5 Å². The Bertz CT molecular complexity index is 1240. The number of nitrogens with one attached hydrogen (secondary N) is 2. The first kappa shape index (κ1) is 21.8. The molecule has 33 heavy (non-hydrogen) atoms. The van der Waals surface area contributed by atoms with Crippen LogP contribution in [0.4, 0.5) is 0 Å². The maximum Gasteiger partial charge on any atom is 0.240 e. The average molecular weight is 438 g/mol. The third-order valence-corrected chi connectivity index (χ3v) is 4.92.